The molecule has 0 amide bonds. The van der Waals surface area contributed by atoms with Gasteiger partial charge in [0.05, 0.1) is 5.71 Å². The maximum atomic E-state index is 8.96. The molecule has 0 saturated carbocycles. The zero-order valence-corrected chi connectivity index (χ0v) is 7.67. The molecule has 0 saturated heterocycles. The number of benzene rings is 1. The lowest BCUT2D eigenvalue weighted by atomic mass is 9.98. The zero-order chi connectivity index (χ0) is 9.80. The average Bonchev–Trinajstić information content (AvgIpc) is 2.74. The monoisotopic (exact) mass is 185 g/mol. The van der Waals surface area contributed by atoms with Gasteiger partial charge in [-0.15, -0.1) is 0 Å². The first-order valence-electron chi connectivity index (χ1n) is 4.54. The Morgan fingerprint density at radius 2 is 1.71 bits per heavy atom. The molecular formula is C12H11NO. The lowest BCUT2D eigenvalue weighted by molar-refractivity contribution is 0.317. The molecule has 0 bridgehead atoms. The van der Waals surface area contributed by atoms with Gasteiger partial charge in [0.1, 0.15) is 0 Å². The lowest BCUT2D eigenvalue weighted by Crippen LogP contribution is -2.10. The molecule has 2 rings (SSSR count). The summed E-state index contributed by atoms with van der Waals surface area (Å²) in [6.07, 6.45) is 7.92. The Morgan fingerprint density at radius 3 is 2.29 bits per heavy atom. The third kappa shape index (κ3) is 1.59. The molecule has 0 atom stereocenters. The first-order chi connectivity index (χ1) is 6.92. The fourth-order valence-corrected chi connectivity index (χ4v) is 1.54. The summed E-state index contributed by atoms with van der Waals surface area (Å²) < 4.78 is 0. The Labute approximate surface area is 82.9 Å². The van der Waals surface area contributed by atoms with Gasteiger partial charge < -0.3 is 5.21 Å². The van der Waals surface area contributed by atoms with Crippen LogP contribution in [0.4, 0.5) is 0 Å². The molecule has 1 aromatic carbocycles. The third-order valence-corrected chi connectivity index (χ3v) is 2.24. The highest BCUT2D eigenvalue weighted by Crippen LogP contribution is 2.16. The molecule has 1 aromatic rings. The van der Waals surface area contributed by atoms with E-state index in [4.69, 9.17) is 5.21 Å². The van der Waals surface area contributed by atoms with Gasteiger partial charge in [-0.1, -0.05) is 59.8 Å². The fourth-order valence-electron chi connectivity index (χ4n) is 1.54. The molecule has 2 heteroatoms. The fraction of sp³-hybridized carbons (Fsp3) is 0.0833. The number of rotatable bonds is 2. The Hall–Kier alpha value is -1.83. The van der Waals surface area contributed by atoms with Crippen molar-refractivity contribution in [2.75, 3.05) is 0 Å². The zero-order valence-electron chi connectivity index (χ0n) is 7.67. The van der Waals surface area contributed by atoms with Crippen LogP contribution in [0.25, 0.3) is 0 Å². The molecule has 0 unspecified atom stereocenters. The summed E-state index contributed by atoms with van der Waals surface area (Å²) in [5, 5.41) is 12.3. The van der Waals surface area contributed by atoms with Crippen LogP contribution in [0, 0.1) is 5.92 Å². The van der Waals surface area contributed by atoms with Gasteiger partial charge in [-0.2, -0.15) is 0 Å². The van der Waals surface area contributed by atoms with E-state index in [9.17, 15) is 0 Å². The van der Waals surface area contributed by atoms with E-state index in [2.05, 4.69) is 5.16 Å². The van der Waals surface area contributed by atoms with Crippen molar-refractivity contribution < 1.29 is 5.21 Å². The van der Waals surface area contributed by atoms with E-state index < -0.39 is 0 Å². The average molecular weight is 185 g/mol. The highest BCUT2D eigenvalue weighted by Gasteiger charge is 2.14. The minimum Gasteiger partial charge on any atom is -0.411 e. The Balaban J connectivity index is 2.32. The van der Waals surface area contributed by atoms with Crippen LogP contribution in [0.15, 0.2) is 59.8 Å². The Bertz CT molecular complexity index is 378. The van der Waals surface area contributed by atoms with Gasteiger partial charge in [-0.25, -0.2) is 0 Å². The van der Waals surface area contributed by atoms with Crippen molar-refractivity contribution in [3.05, 3.63) is 60.2 Å². The van der Waals surface area contributed by atoms with E-state index in [1.165, 1.54) is 0 Å². The summed E-state index contributed by atoms with van der Waals surface area (Å²) in [7, 11) is 0. The summed E-state index contributed by atoms with van der Waals surface area (Å²) in [4.78, 5) is 0. The topological polar surface area (TPSA) is 32.6 Å². The second-order valence-electron chi connectivity index (χ2n) is 3.15. The lowest BCUT2D eigenvalue weighted by Gasteiger charge is -2.07. The highest BCUT2D eigenvalue weighted by molar-refractivity contribution is 6.04. The van der Waals surface area contributed by atoms with E-state index in [0.717, 1.165) is 5.56 Å². The highest BCUT2D eigenvalue weighted by atomic mass is 16.4. The number of hydrogen-bond donors (Lipinski definition) is 1. The minimum absolute atomic E-state index is 0.0994. The van der Waals surface area contributed by atoms with E-state index in [1.807, 2.05) is 54.6 Å². The number of hydrogen-bond acceptors (Lipinski definition) is 2. The smallest absolute Gasteiger partial charge is 0.0974 e. The van der Waals surface area contributed by atoms with Crippen LogP contribution >= 0.6 is 0 Å². The maximum Gasteiger partial charge on any atom is 0.0974 e. The number of allylic oxidation sites excluding steroid dienone is 4. The molecule has 0 fully saturated rings. The largest absolute Gasteiger partial charge is 0.411 e. The van der Waals surface area contributed by atoms with E-state index in [0.29, 0.717) is 5.71 Å². The van der Waals surface area contributed by atoms with Crippen LogP contribution in [-0.4, -0.2) is 10.9 Å². The second-order valence-corrected chi connectivity index (χ2v) is 3.15. The third-order valence-electron chi connectivity index (χ3n) is 2.24. The van der Waals surface area contributed by atoms with Gasteiger partial charge in [0, 0.05) is 11.5 Å². The molecule has 0 spiro atoms. The molecule has 0 radical (unpaired) electrons. The second kappa shape index (κ2) is 3.92. The van der Waals surface area contributed by atoms with Crippen molar-refractivity contribution in [2.45, 2.75) is 0 Å². The quantitative estimate of drug-likeness (QED) is 0.428. The molecule has 0 aromatic heterocycles. The summed E-state index contributed by atoms with van der Waals surface area (Å²) in [6, 6.07) is 9.69. The summed E-state index contributed by atoms with van der Waals surface area (Å²) in [5.41, 5.74) is 1.65. The van der Waals surface area contributed by atoms with Crippen LogP contribution in [0.1, 0.15) is 5.56 Å². The van der Waals surface area contributed by atoms with Crippen LogP contribution in [-0.2, 0) is 0 Å². The Morgan fingerprint density at radius 1 is 1.07 bits per heavy atom. The van der Waals surface area contributed by atoms with Crippen molar-refractivity contribution >= 4 is 5.71 Å². The van der Waals surface area contributed by atoms with Crippen LogP contribution < -0.4 is 0 Å². The Kier molecular flexibility index (Phi) is 2.45. The summed E-state index contributed by atoms with van der Waals surface area (Å²) in [6.45, 7) is 0. The van der Waals surface area contributed by atoms with E-state index >= 15 is 0 Å². The number of oxime groups is 1. The van der Waals surface area contributed by atoms with Crippen molar-refractivity contribution in [1.29, 1.82) is 0 Å². The maximum absolute atomic E-state index is 8.96. The summed E-state index contributed by atoms with van der Waals surface area (Å²) in [5.74, 6) is 0.0994. The minimum atomic E-state index is 0.0994. The van der Waals surface area contributed by atoms with Crippen molar-refractivity contribution in [2.24, 2.45) is 11.1 Å². The first-order valence-corrected chi connectivity index (χ1v) is 4.54. The van der Waals surface area contributed by atoms with Crippen LogP contribution in [0.3, 0.4) is 0 Å². The van der Waals surface area contributed by atoms with E-state index in [-0.39, 0.29) is 5.92 Å². The van der Waals surface area contributed by atoms with Gasteiger partial charge in [0.15, 0.2) is 0 Å². The van der Waals surface area contributed by atoms with Crippen LogP contribution in [0.2, 0.25) is 0 Å². The molecule has 1 aliphatic carbocycles. The van der Waals surface area contributed by atoms with Crippen LogP contribution in [0.5, 0.6) is 0 Å². The molecule has 0 aliphatic heterocycles. The normalized spacial score (nSPS) is 16.4. The molecular weight excluding hydrogens is 174 g/mol. The van der Waals surface area contributed by atoms with E-state index in [1.54, 1.807) is 0 Å². The first kappa shape index (κ1) is 8.75. The molecule has 1 aliphatic rings. The van der Waals surface area contributed by atoms with Gasteiger partial charge in [0.25, 0.3) is 0 Å². The van der Waals surface area contributed by atoms with Crippen molar-refractivity contribution in [1.82, 2.24) is 0 Å². The molecule has 14 heavy (non-hydrogen) atoms. The molecule has 1 N–H and O–H groups in total. The van der Waals surface area contributed by atoms with Gasteiger partial charge in [-0.05, 0) is 0 Å². The van der Waals surface area contributed by atoms with Gasteiger partial charge in [-0.3, -0.25) is 0 Å². The van der Waals surface area contributed by atoms with Gasteiger partial charge >= 0.3 is 0 Å². The predicted octanol–water partition coefficient (Wildman–Crippen LogP) is 2.61. The standard InChI is InChI=1S/C12H11NO/c14-13-12(11-8-4-5-9-11)10-6-2-1-3-7-10/h1-9,11,14H/b13-12+. The van der Waals surface area contributed by atoms with Gasteiger partial charge in [0.2, 0.25) is 0 Å². The van der Waals surface area contributed by atoms with Crippen molar-refractivity contribution in [3.8, 4) is 0 Å². The predicted molar refractivity (Wildman–Crippen MR) is 56.5 cm³/mol. The van der Waals surface area contributed by atoms with Crippen molar-refractivity contribution in [3.63, 3.8) is 0 Å². The molecule has 2 nitrogen and oxygen atoms in total. The molecule has 70 valence electrons. The number of nitrogens with zero attached hydrogens (tertiary/aromatic N) is 1. The SMILES string of the molecule is O/N=C(\c1ccccc1)C1C=CC=C1. The summed E-state index contributed by atoms with van der Waals surface area (Å²) >= 11 is 0. The molecule has 0 heterocycles.